The van der Waals surface area contributed by atoms with Crippen LogP contribution in [0.3, 0.4) is 0 Å². The van der Waals surface area contributed by atoms with Gasteiger partial charge in [0.25, 0.3) is 0 Å². The van der Waals surface area contributed by atoms with E-state index >= 15 is 0 Å². The summed E-state index contributed by atoms with van der Waals surface area (Å²) in [5, 5.41) is 3.52. The molecular formula is C13H21NO2. The molecule has 1 fully saturated rings. The Morgan fingerprint density at radius 3 is 2.94 bits per heavy atom. The molecule has 2 heterocycles. The van der Waals surface area contributed by atoms with Gasteiger partial charge in [-0.15, -0.1) is 0 Å². The summed E-state index contributed by atoms with van der Waals surface area (Å²) in [6.45, 7) is 5.31. The second-order valence-corrected chi connectivity index (χ2v) is 4.51. The topological polar surface area (TPSA) is 34.4 Å². The van der Waals surface area contributed by atoms with Crippen molar-refractivity contribution in [3.8, 4) is 0 Å². The van der Waals surface area contributed by atoms with Crippen molar-refractivity contribution in [2.24, 2.45) is 0 Å². The molecule has 0 spiro atoms. The molecule has 3 nitrogen and oxygen atoms in total. The van der Waals surface area contributed by atoms with E-state index in [0.29, 0.717) is 6.10 Å². The molecule has 1 aliphatic heterocycles. The van der Waals surface area contributed by atoms with E-state index in [-0.39, 0.29) is 12.1 Å². The van der Waals surface area contributed by atoms with Crippen LogP contribution < -0.4 is 5.32 Å². The molecule has 1 saturated heterocycles. The van der Waals surface area contributed by atoms with Gasteiger partial charge in [-0.05, 0) is 44.9 Å². The molecule has 1 N–H and O–H groups in total. The number of rotatable bonds is 5. The minimum absolute atomic E-state index is 0.208. The maximum atomic E-state index is 5.92. The molecule has 0 aliphatic carbocycles. The lowest BCUT2D eigenvalue weighted by Crippen LogP contribution is -2.32. The summed E-state index contributed by atoms with van der Waals surface area (Å²) in [5.41, 5.74) is 0. The van der Waals surface area contributed by atoms with Crippen LogP contribution in [0.1, 0.15) is 44.9 Å². The number of nitrogens with one attached hydrogen (secondary N) is 1. The Morgan fingerprint density at radius 1 is 1.50 bits per heavy atom. The molecule has 2 rings (SSSR count). The first-order chi connectivity index (χ1) is 7.81. The third-order valence-corrected chi connectivity index (χ3v) is 3.10. The summed E-state index contributed by atoms with van der Waals surface area (Å²) < 4.78 is 11.4. The van der Waals surface area contributed by atoms with Crippen LogP contribution in [0.15, 0.2) is 22.8 Å². The molecule has 0 aromatic carbocycles. The van der Waals surface area contributed by atoms with Gasteiger partial charge in [0, 0.05) is 0 Å². The van der Waals surface area contributed by atoms with Gasteiger partial charge in [0.05, 0.1) is 24.5 Å². The van der Waals surface area contributed by atoms with Crippen LogP contribution in [0.4, 0.5) is 0 Å². The first-order valence-electron chi connectivity index (χ1n) is 6.23. The molecular weight excluding hydrogens is 202 g/mol. The van der Waals surface area contributed by atoms with E-state index in [1.807, 2.05) is 12.1 Å². The molecule has 1 aromatic rings. The largest absolute Gasteiger partial charge is 0.468 e. The second kappa shape index (κ2) is 5.51. The van der Waals surface area contributed by atoms with E-state index in [1.54, 1.807) is 6.26 Å². The lowest BCUT2D eigenvalue weighted by Gasteiger charge is -2.22. The van der Waals surface area contributed by atoms with Crippen LogP contribution in [0, 0.1) is 0 Å². The highest BCUT2D eigenvalue weighted by Crippen LogP contribution is 2.30. The Morgan fingerprint density at radius 2 is 2.38 bits per heavy atom. The van der Waals surface area contributed by atoms with E-state index in [2.05, 4.69) is 19.2 Å². The predicted octanol–water partition coefficient (Wildman–Crippen LogP) is 2.89. The molecule has 3 heteroatoms. The van der Waals surface area contributed by atoms with Crippen LogP contribution in [0.25, 0.3) is 0 Å². The van der Waals surface area contributed by atoms with Gasteiger partial charge in [-0.25, -0.2) is 0 Å². The van der Waals surface area contributed by atoms with Gasteiger partial charge in [0.15, 0.2) is 0 Å². The zero-order valence-corrected chi connectivity index (χ0v) is 10.1. The number of ether oxygens (including phenoxy) is 1. The summed E-state index contributed by atoms with van der Waals surface area (Å²) in [6, 6.07) is 4.17. The quantitative estimate of drug-likeness (QED) is 0.833. The van der Waals surface area contributed by atoms with Crippen molar-refractivity contribution < 1.29 is 9.15 Å². The minimum Gasteiger partial charge on any atom is -0.468 e. The van der Waals surface area contributed by atoms with Crippen molar-refractivity contribution in [2.45, 2.75) is 51.4 Å². The summed E-state index contributed by atoms with van der Waals surface area (Å²) in [4.78, 5) is 0. The lowest BCUT2D eigenvalue weighted by molar-refractivity contribution is 0.0268. The fraction of sp³-hybridized carbons (Fsp3) is 0.692. The average Bonchev–Trinajstić information content (AvgIpc) is 2.91. The van der Waals surface area contributed by atoms with E-state index in [4.69, 9.17) is 9.15 Å². The molecule has 0 amide bonds. The van der Waals surface area contributed by atoms with Gasteiger partial charge in [0.2, 0.25) is 0 Å². The minimum atomic E-state index is 0.208. The number of furan rings is 1. The summed E-state index contributed by atoms with van der Waals surface area (Å²) >= 11 is 0. The maximum Gasteiger partial charge on any atom is 0.123 e. The summed E-state index contributed by atoms with van der Waals surface area (Å²) in [5.74, 6) is 0.993. The van der Waals surface area contributed by atoms with Crippen LogP contribution in [0.5, 0.6) is 0 Å². The van der Waals surface area contributed by atoms with Crippen molar-refractivity contribution >= 4 is 0 Å². The number of hydrogen-bond donors (Lipinski definition) is 1. The predicted molar refractivity (Wildman–Crippen MR) is 63.3 cm³/mol. The summed E-state index contributed by atoms with van der Waals surface area (Å²) in [6.07, 6.45) is 5.76. The normalized spacial score (nSPS) is 27.1. The highest BCUT2D eigenvalue weighted by Gasteiger charge is 2.31. The lowest BCUT2D eigenvalue weighted by atomic mass is 10.0. The SMILES string of the molecule is CCCNC(c1ccco1)C1CCC(C)O1. The molecule has 16 heavy (non-hydrogen) atoms. The van der Waals surface area contributed by atoms with Crippen LogP contribution >= 0.6 is 0 Å². The summed E-state index contributed by atoms with van der Waals surface area (Å²) in [7, 11) is 0. The zero-order chi connectivity index (χ0) is 11.4. The first-order valence-corrected chi connectivity index (χ1v) is 6.23. The molecule has 1 aromatic heterocycles. The second-order valence-electron chi connectivity index (χ2n) is 4.51. The van der Waals surface area contributed by atoms with Gasteiger partial charge >= 0.3 is 0 Å². The standard InChI is InChI=1S/C13H21NO2/c1-3-8-14-13(11-5-4-9-15-11)12-7-6-10(2)16-12/h4-5,9-10,12-14H,3,6-8H2,1-2H3. The van der Waals surface area contributed by atoms with E-state index in [1.165, 1.54) is 0 Å². The van der Waals surface area contributed by atoms with E-state index in [0.717, 1.165) is 31.6 Å². The maximum absolute atomic E-state index is 5.92. The van der Waals surface area contributed by atoms with Gasteiger partial charge < -0.3 is 14.5 Å². The molecule has 0 radical (unpaired) electrons. The zero-order valence-electron chi connectivity index (χ0n) is 10.1. The third-order valence-electron chi connectivity index (χ3n) is 3.10. The molecule has 1 aliphatic rings. The van der Waals surface area contributed by atoms with Crippen molar-refractivity contribution in [1.29, 1.82) is 0 Å². The van der Waals surface area contributed by atoms with Gasteiger partial charge in [-0.3, -0.25) is 0 Å². The highest BCUT2D eigenvalue weighted by atomic mass is 16.5. The fourth-order valence-corrected chi connectivity index (χ4v) is 2.26. The Kier molecular flexibility index (Phi) is 4.02. The Bertz CT molecular complexity index is 297. The smallest absolute Gasteiger partial charge is 0.123 e. The van der Waals surface area contributed by atoms with Gasteiger partial charge in [-0.2, -0.15) is 0 Å². The van der Waals surface area contributed by atoms with Crippen molar-refractivity contribution in [3.63, 3.8) is 0 Å². The Labute approximate surface area is 97.2 Å². The molecule has 3 unspecified atom stereocenters. The van der Waals surface area contributed by atoms with Crippen LogP contribution in [0.2, 0.25) is 0 Å². The highest BCUT2D eigenvalue weighted by molar-refractivity contribution is 5.07. The van der Waals surface area contributed by atoms with Gasteiger partial charge in [0.1, 0.15) is 5.76 Å². The molecule has 0 bridgehead atoms. The van der Waals surface area contributed by atoms with Crippen LogP contribution in [-0.2, 0) is 4.74 Å². The Hall–Kier alpha value is -0.800. The molecule has 0 saturated carbocycles. The monoisotopic (exact) mass is 223 g/mol. The van der Waals surface area contributed by atoms with Crippen molar-refractivity contribution in [1.82, 2.24) is 5.32 Å². The average molecular weight is 223 g/mol. The van der Waals surface area contributed by atoms with Crippen LogP contribution in [-0.4, -0.2) is 18.8 Å². The van der Waals surface area contributed by atoms with E-state index < -0.39 is 0 Å². The van der Waals surface area contributed by atoms with Crippen molar-refractivity contribution in [3.05, 3.63) is 24.2 Å². The third kappa shape index (κ3) is 2.66. The first kappa shape index (κ1) is 11.7. The molecule has 90 valence electrons. The van der Waals surface area contributed by atoms with Crippen molar-refractivity contribution in [2.75, 3.05) is 6.54 Å². The number of hydrogen-bond acceptors (Lipinski definition) is 3. The fourth-order valence-electron chi connectivity index (χ4n) is 2.26. The molecule has 3 atom stereocenters. The van der Waals surface area contributed by atoms with E-state index in [9.17, 15) is 0 Å². The van der Waals surface area contributed by atoms with Gasteiger partial charge in [-0.1, -0.05) is 6.92 Å². The Balaban J connectivity index is 2.02.